The summed E-state index contributed by atoms with van der Waals surface area (Å²) in [5, 5.41) is 5.01. The molecular weight excluding hydrogens is 725 g/mol. The number of para-hydroxylation sites is 2. The molecule has 0 N–H and O–H groups in total. The second-order valence-corrected chi connectivity index (χ2v) is 17.7. The molecule has 1 aromatic heterocycles. The number of nitrogens with zero attached hydrogens (tertiary/aromatic N) is 2. The van der Waals surface area contributed by atoms with Gasteiger partial charge < -0.3 is 9.47 Å². The lowest BCUT2D eigenvalue weighted by Crippen LogP contribution is -2.21. The molecule has 2 aliphatic rings. The van der Waals surface area contributed by atoms with Gasteiger partial charge in [-0.3, -0.25) is 0 Å². The molecule has 1 heterocycles. The molecule has 2 nitrogen and oxygen atoms in total. The van der Waals surface area contributed by atoms with E-state index < -0.39 is 0 Å². The molecule has 2 heteroatoms. The number of anilines is 3. The summed E-state index contributed by atoms with van der Waals surface area (Å²) in [6.45, 7) is 9.53. The van der Waals surface area contributed by atoms with Gasteiger partial charge in [0.05, 0.1) is 28.1 Å². The standard InChI is InChI=1S/C58H44N2/c1-57(2)48-25-12-8-22-46(48)55-49(57)26-16-29-53(55)59(54-30-15-23-45-41-18-7-11-24-47(41)58(3,4)56(45)54)38-33-31-37(32-34-38)39-35-36-52(42-19-6-5-17-40(39)42)60-50-27-13-9-20-43(50)44-21-10-14-28-51(44)60/h5-36H,1-4H3. The highest BCUT2D eigenvalue weighted by Gasteiger charge is 2.41. The smallest absolute Gasteiger partial charge is 0.0543 e. The average molecular weight is 769 g/mol. The van der Waals surface area contributed by atoms with Crippen LogP contribution in [0.4, 0.5) is 17.1 Å². The Balaban J connectivity index is 1.05. The topological polar surface area (TPSA) is 8.17 Å². The molecule has 12 rings (SSSR count). The lowest BCUT2D eigenvalue weighted by Gasteiger charge is -2.33. The Kier molecular flexibility index (Phi) is 7.36. The van der Waals surface area contributed by atoms with E-state index in [4.69, 9.17) is 0 Å². The van der Waals surface area contributed by atoms with E-state index in [1.54, 1.807) is 0 Å². The van der Waals surface area contributed by atoms with Gasteiger partial charge in [-0.15, -0.1) is 0 Å². The van der Waals surface area contributed by atoms with Gasteiger partial charge in [-0.1, -0.05) is 179 Å². The van der Waals surface area contributed by atoms with Crippen LogP contribution in [0.25, 0.3) is 71.6 Å². The summed E-state index contributed by atoms with van der Waals surface area (Å²) in [7, 11) is 0. The van der Waals surface area contributed by atoms with Crippen molar-refractivity contribution in [3.8, 4) is 39.1 Å². The van der Waals surface area contributed by atoms with Gasteiger partial charge in [-0.2, -0.15) is 0 Å². The lowest BCUT2D eigenvalue weighted by molar-refractivity contribution is 0.659. The fraction of sp³-hybridized carbons (Fsp3) is 0.103. The molecule has 2 aliphatic carbocycles. The third kappa shape index (κ3) is 4.76. The van der Waals surface area contributed by atoms with Crippen LogP contribution in [0.5, 0.6) is 0 Å². The molecule has 0 bridgehead atoms. The van der Waals surface area contributed by atoms with E-state index in [2.05, 4.69) is 231 Å². The SMILES string of the molecule is CC1(C)c2ccccc2-c2c(N(c3ccc(-c4ccc(-n5c6ccccc6c6ccccc65)c5ccccc45)cc3)c3cccc4c3C(C)(C)c3ccccc3-4)cccc21. The molecular formula is C58H44N2. The average Bonchev–Trinajstić information content (AvgIpc) is 3.84. The predicted octanol–water partition coefficient (Wildman–Crippen LogP) is 15.7. The number of fused-ring (bicyclic) bond motifs is 10. The Morgan fingerprint density at radius 1 is 0.367 bits per heavy atom. The molecule has 0 spiro atoms. The summed E-state index contributed by atoms with van der Waals surface area (Å²) in [6, 6.07) is 72.2. The van der Waals surface area contributed by atoms with Crippen LogP contribution in [0.3, 0.4) is 0 Å². The molecule has 9 aromatic carbocycles. The van der Waals surface area contributed by atoms with E-state index in [0.29, 0.717) is 0 Å². The van der Waals surface area contributed by atoms with Gasteiger partial charge in [0.25, 0.3) is 0 Å². The van der Waals surface area contributed by atoms with Crippen LogP contribution in [-0.4, -0.2) is 4.57 Å². The molecule has 0 atom stereocenters. The van der Waals surface area contributed by atoms with Gasteiger partial charge in [0.2, 0.25) is 0 Å². The van der Waals surface area contributed by atoms with Gasteiger partial charge >= 0.3 is 0 Å². The van der Waals surface area contributed by atoms with Gasteiger partial charge in [-0.05, 0) is 97.9 Å². The quantitative estimate of drug-likeness (QED) is 0.169. The summed E-state index contributed by atoms with van der Waals surface area (Å²) in [4.78, 5) is 2.55. The Labute approximate surface area is 351 Å². The van der Waals surface area contributed by atoms with Crippen LogP contribution < -0.4 is 4.90 Å². The van der Waals surface area contributed by atoms with Crippen molar-refractivity contribution in [1.29, 1.82) is 0 Å². The maximum Gasteiger partial charge on any atom is 0.0543 e. The Bertz CT molecular complexity index is 3320. The number of hydrogen-bond acceptors (Lipinski definition) is 1. The zero-order valence-electron chi connectivity index (χ0n) is 34.4. The maximum absolute atomic E-state index is 2.55. The van der Waals surface area contributed by atoms with Crippen molar-refractivity contribution in [3.63, 3.8) is 0 Å². The summed E-state index contributed by atoms with van der Waals surface area (Å²) in [5.74, 6) is 0. The van der Waals surface area contributed by atoms with Crippen LogP contribution >= 0.6 is 0 Å². The monoisotopic (exact) mass is 768 g/mol. The van der Waals surface area contributed by atoms with E-state index >= 15 is 0 Å². The van der Waals surface area contributed by atoms with Crippen LogP contribution in [0, 0.1) is 0 Å². The zero-order valence-corrected chi connectivity index (χ0v) is 34.4. The predicted molar refractivity (Wildman–Crippen MR) is 254 cm³/mol. The van der Waals surface area contributed by atoms with E-state index in [9.17, 15) is 0 Å². The molecule has 0 unspecified atom stereocenters. The first-order chi connectivity index (χ1) is 29.3. The second kappa shape index (κ2) is 12.7. The maximum atomic E-state index is 2.55. The van der Waals surface area contributed by atoms with E-state index in [1.807, 2.05) is 0 Å². The van der Waals surface area contributed by atoms with Crippen molar-refractivity contribution in [2.24, 2.45) is 0 Å². The van der Waals surface area contributed by atoms with Crippen LogP contribution in [0.15, 0.2) is 194 Å². The Hall–Kier alpha value is -7.16. The van der Waals surface area contributed by atoms with Gasteiger partial charge in [0, 0.05) is 38.2 Å². The summed E-state index contributed by atoms with van der Waals surface area (Å²) < 4.78 is 2.44. The molecule has 10 aromatic rings. The molecule has 0 saturated carbocycles. The number of benzene rings is 9. The van der Waals surface area contributed by atoms with E-state index in [0.717, 1.165) is 5.69 Å². The van der Waals surface area contributed by atoms with Crippen molar-refractivity contribution in [1.82, 2.24) is 4.57 Å². The zero-order chi connectivity index (χ0) is 40.3. The summed E-state index contributed by atoms with van der Waals surface area (Å²) >= 11 is 0. The van der Waals surface area contributed by atoms with Crippen LogP contribution in [0.1, 0.15) is 49.9 Å². The normalized spacial score (nSPS) is 14.3. The fourth-order valence-electron chi connectivity index (χ4n) is 11.0. The second-order valence-electron chi connectivity index (χ2n) is 17.7. The number of aromatic nitrogens is 1. The van der Waals surface area contributed by atoms with Gasteiger partial charge in [0.1, 0.15) is 0 Å². The number of rotatable bonds is 5. The minimum atomic E-state index is -0.188. The molecule has 0 radical (unpaired) electrons. The van der Waals surface area contributed by atoms with Crippen molar-refractivity contribution < 1.29 is 0 Å². The first kappa shape index (κ1) is 34.8. The van der Waals surface area contributed by atoms with E-state index in [-0.39, 0.29) is 10.8 Å². The minimum Gasteiger partial charge on any atom is -0.310 e. The largest absolute Gasteiger partial charge is 0.310 e. The highest BCUT2D eigenvalue weighted by molar-refractivity contribution is 6.11. The Morgan fingerprint density at radius 2 is 0.900 bits per heavy atom. The molecule has 0 amide bonds. The Morgan fingerprint density at radius 3 is 1.62 bits per heavy atom. The molecule has 286 valence electrons. The van der Waals surface area contributed by atoms with Crippen LogP contribution in [-0.2, 0) is 10.8 Å². The lowest BCUT2D eigenvalue weighted by atomic mass is 9.81. The third-order valence-corrected chi connectivity index (χ3v) is 13.8. The highest BCUT2D eigenvalue weighted by Crippen LogP contribution is 2.58. The molecule has 0 aliphatic heterocycles. The summed E-state index contributed by atoms with van der Waals surface area (Å²) in [6.07, 6.45) is 0. The first-order valence-electron chi connectivity index (χ1n) is 21.2. The fourth-order valence-corrected chi connectivity index (χ4v) is 11.0. The van der Waals surface area contributed by atoms with Crippen molar-refractivity contribution >= 4 is 49.6 Å². The molecule has 0 fully saturated rings. The number of hydrogen-bond donors (Lipinski definition) is 0. The van der Waals surface area contributed by atoms with Crippen molar-refractivity contribution in [3.05, 3.63) is 216 Å². The highest BCUT2D eigenvalue weighted by atomic mass is 15.1. The summed E-state index contributed by atoms with van der Waals surface area (Å²) in [5.41, 5.74) is 20.1. The molecule has 60 heavy (non-hydrogen) atoms. The van der Waals surface area contributed by atoms with Crippen molar-refractivity contribution in [2.45, 2.75) is 38.5 Å². The van der Waals surface area contributed by atoms with Gasteiger partial charge in [-0.25, -0.2) is 0 Å². The first-order valence-corrected chi connectivity index (χ1v) is 21.2. The van der Waals surface area contributed by atoms with Gasteiger partial charge in [0.15, 0.2) is 0 Å². The molecule has 0 saturated heterocycles. The third-order valence-electron chi connectivity index (χ3n) is 13.8. The van der Waals surface area contributed by atoms with Crippen molar-refractivity contribution in [2.75, 3.05) is 4.90 Å². The minimum absolute atomic E-state index is 0.113. The van der Waals surface area contributed by atoms with E-state index in [1.165, 1.54) is 105 Å². The van der Waals surface area contributed by atoms with Crippen LogP contribution in [0.2, 0.25) is 0 Å².